The highest BCUT2D eigenvalue weighted by molar-refractivity contribution is 5.86. The van der Waals surface area contributed by atoms with Crippen LogP contribution in [0.15, 0.2) is 36.5 Å². The molecule has 0 spiro atoms. The Morgan fingerprint density at radius 1 is 0.840 bits per heavy atom. The molecule has 25 heavy (non-hydrogen) atoms. The summed E-state index contributed by atoms with van der Waals surface area (Å²) in [5, 5.41) is 39.8. The lowest BCUT2D eigenvalue weighted by molar-refractivity contribution is -0.136. The number of hydrogen-bond acceptors (Lipinski definition) is 7. The number of aliphatic carboxylic acids is 2. The number of aliphatic hydroxyl groups excluding tert-OH is 3. The van der Waals surface area contributed by atoms with Gasteiger partial charge in [-0.05, 0) is 20.8 Å². The summed E-state index contributed by atoms with van der Waals surface area (Å²) in [6.45, 7) is 13.4. The number of esters is 1. The number of methoxy groups -OCH3 is 1. The fourth-order valence-electron chi connectivity index (χ4n) is 0.232. The van der Waals surface area contributed by atoms with Gasteiger partial charge in [-0.3, -0.25) is 0 Å². The lowest BCUT2D eigenvalue weighted by atomic mass is 10.4. The van der Waals surface area contributed by atoms with Crippen molar-refractivity contribution >= 4 is 17.9 Å². The van der Waals surface area contributed by atoms with Crippen LogP contribution in [0.25, 0.3) is 0 Å². The molecule has 0 aliphatic heterocycles. The van der Waals surface area contributed by atoms with E-state index in [0.717, 1.165) is 0 Å². The molecule has 0 amide bonds. The average molecular weight is 364 g/mol. The van der Waals surface area contributed by atoms with Gasteiger partial charge in [0, 0.05) is 16.7 Å². The standard InChI is InChI=1S/C5H8O2.2C4H6O2.C3H8O3/c1-4(2)5(6)7-3;2*1-3(2)4(5)6;4-1-3(6)2-5/h1H2,2-3H3;2*1H2,2H3,(H,5,6);3-6H,1-2H2. The first-order valence-electron chi connectivity index (χ1n) is 6.69. The van der Waals surface area contributed by atoms with Gasteiger partial charge in [-0.25, -0.2) is 14.4 Å². The van der Waals surface area contributed by atoms with E-state index in [9.17, 15) is 14.4 Å². The second-order valence-corrected chi connectivity index (χ2v) is 4.46. The fourth-order valence-corrected chi connectivity index (χ4v) is 0.232. The van der Waals surface area contributed by atoms with E-state index in [0.29, 0.717) is 5.57 Å². The predicted octanol–water partition coefficient (Wildman–Crippen LogP) is 0.362. The molecule has 0 saturated carbocycles. The van der Waals surface area contributed by atoms with Gasteiger partial charge in [0.15, 0.2) is 0 Å². The van der Waals surface area contributed by atoms with Crippen molar-refractivity contribution in [2.24, 2.45) is 0 Å². The van der Waals surface area contributed by atoms with Crippen molar-refractivity contribution in [3.05, 3.63) is 36.5 Å². The number of rotatable bonds is 5. The van der Waals surface area contributed by atoms with Crippen LogP contribution < -0.4 is 0 Å². The van der Waals surface area contributed by atoms with Crippen molar-refractivity contribution in [3.63, 3.8) is 0 Å². The van der Waals surface area contributed by atoms with Gasteiger partial charge >= 0.3 is 17.9 Å². The second-order valence-electron chi connectivity index (χ2n) is 4.46. The van der Waals surface area contributed by atoms with Gasteiger partial charge < -0.3 is 30.3 Å². The molecule has 0 heterocycles. The molecule has 0 atom stereocenters. The van der Waals surface area contributed by atoms with E-state index in [1.807, 2.05) is 0 Å². The van der Waals surface area contributed by atoms with E-state index < -0.39 is 18.0 Å². The zero-order valence-corrected chi connectivity index (χ0v) is 15.0. The monoisotopic (exact) mass is 364 g/mol. The number of hydrogen-bond donors (Lipinski definition) is 5. The van der Waals surface area contributed by atoms with Gasteiger partial charge in [-0.1, -0.05) is 19.7 Å². The molecule has 5 N–H and O–H groups in total. The molecule has 0 unspecified atom stereocenters. The molecular formula is C16H28O9. The Hall–Kier alpha value is -2.49. The van der Waals surface area contributed by atoms with Crippen LogP contribution in [-0.2, 0) is 19.1 Å². The number of carbonyl (C=O) groups is 3. The first-order valence-corrected chi connectivity index (χ1v) is 6.69. The third-order valence-corrected chi connectivity index (χ3v) is 1.69. The van der Waals surface area contributed by atoms with E-state index in [4.69, 9.17) is 25.5 Å². The molecule has 9 nitrogen and oxygen atoms in total. The third kappa shape index (κ3) is 34.0. The van der Waals surface area contributed by atoms with E-state index in [-0.39, 0.29) is 30.3 Å². The highest BCUT2D eigenvalue weighted by Gasteiger charge is 1.95. The molecule has 0 aromatic heterocycles. The van der Waals surface area contributed by atoms with Crippen LogP contribution in [0.1, 0.15) is 20.8 Å². The summed E-state index contributed by atoms with van der Waals surface area (Å²) < 4.78 is 4.27. The number of ether oxygens (including phenoxy) is 1. The molecule has 0 rings (SSSR count). The maximum atomic E-state index is 10.2. The second kappa shape index (κ2) is 19.6. The fraction of sp³-hybridized carbons (Fsp3) is 0.438. The molecule has 0 bridgehead atoms. The summed E-state index contributed by atoms with van der Waals surface area (Å²) in [7, 11) is 1.33. The summed E-state index contributed by atoms with van der Waals surface area (Å²) in [4.78, 5) is 29.4. The zero-order valence-electron chi connectivity index (χ0n) is 15.0. The first kappa shape index (κ1) is 30.4. The van der Waals surface area contributed by atoms with Crippen molar-refractivity contribution in [1.82, 2.24) is 0 Å². The van der Waals surface area contributed by atoms with Gasteiger partial charge in [-0.15, -0.1) is 0 Å². The normalized spacial score (nSPS) is 8.16. The Labute approximate surface area is 147 Å². The van der Waals surface area contributed by atoms with Crippen molar-refractivity contribution in [1.29, 1.82) is 0 Å². The van der Waals surface area contributed by atoms with E-state index in [1.165, 1.54) is 21.0 Å². The highest BCUT2D eigenvalue weighted by Crippen LogP contribution is 1.87. The molecule has 0 aliphatic carbocycles. The minimum Gasteiger partial charge on any atom is -0.478 e. The van der Waals surface area contributed by atoms with Gasteiger partial charge in [-0.2, -0.15) is 0 Å². The summed E-state index contributed by atoms with van der Waals surface area (Å²) >= 11 is 0. The Kier molecular flexibility index (Phi) is 23.8. The quantitative estimate of drug-likeness (QED) is 0.342. The Morgan fingerprint density at radius 3 is 1.08 bits per heavy atom. The van der Waals surface area contributed by atoms with Crippen LogP contribution >= 0.6 is 0 Å². The van der Waals surface area contributed by atoms with E-state index >= 15 is 0 Å². The number of carboxylic acid groups (broad SMARTS) is 2. The van der Waals surface area contributed by atoms with E-state index in [1.54, 1.807) is 6.92 Å². The summed E-state index contributed by atoms with van der Waals surface area (Å²) in [6.07, 6.45) is -0.954. The van der Waals surface area contributed by atoms with Crippen molar-refractivity contribution in [2.45, 2.75) is 26.9 Å². The molecular weight excluding hydrogens is 336 g/mol. The van der Waals surface area contributed by atoms with Gasteiger partial charge in [0.05, 0.1) is 20.3 Å². The smallest absolute Gasteiger partial charge is 0.332 e. The number of aliphatic hydroxyl groups is 3. The SMILES string of the molecule is C=C(C)C(=O)O.C=C(C)C(=O)O.C=C(C)C(=O)OC.OCC(O)CO. The van der Waals surface area contributed by atoms with Gasteiger partial charge in [0.25, 0.3) is 0 Å². The van der Waals surface area contributed by atoms with Crippen LogP contribution in [0.3, 0.4) is 0 Å². The minimum absolute atomic E-state index is 0.176. The van der Waals surface area contributed by atoms with Gasteiger partial charge in [0.1, 0.15) is 6.10 Å². The maximum Gasteiger partial charge on any atom is 0.332 e. The first-order chi connectivity index (χ1) is 11.3. The van der Waals surface area contributed by atoms with Crippen molar-refractivity contribution in [3.8, 4) is 0 Å². The maximum absolute atomic E-state index is 10.2. The molecule has 146 valence electrons. The van der Waals surface area contributed by atoms with Crippen LogP contribution in [0, 0.1) is 0 Å². The average Bonchev–Trinajstić information content (AvgIpc) is 2.54. The molecule has 0 radical (unpaired) electrons. The molecule has 0 aromatic rings. The molecule has 0 saturated heterocycles. The minimum atomic E-state index is -0.954. The van der Waals surface area contributed by atoms with Crippen LogP contribution in [-0.4, -0.2) is 69.9 Å². The third-order valence-electron chi connectivity index (χ3n) is 1.69. The largest absolute Gasteiger partial charge is 0.478 e. The summed E-state index contributed by atoms with van der Waals surface area (Å²) in [5.74, 6) is -2.22. The molecule has 0 fully saturated rings. The predicted molar refractivity (Wildman–Crippen MR) is 91.9 cm³/mol. The topological polar surface area (TPSA) is 162 Å². The molecule has 0 aromatic carbocycles. The Morgan fingerprint density at radius 2 is 1.08 bits per heavy atom. The zero-order chi connectivity index (χ0) is 21.2. The summed E-state index contributed by atoms with van der Waals surface area (Å²) in [6, 6.07) is 0. The number of carbonyl (C=O) groups excluding carboxylic acids is 1. The van der Waals surface area contributed by atoms with Crippen molar-refractivity contribution < 1.29 is 44.7 Å². The van der Waals surface area contributed by atoms with Crippen LogP contribution in [0.5, 0.6) is 0 Å². The van der Waals surface area contributed by atoms with Crippen molar-refractivity contribution in [2.75, 3.05) is 20.3 Å². The molecule has 9 heteroatoms. The summed E-state index contributed by atoms with van der Waals surface area (Å²) in [5.41, 5.74) is 0.785. The van der Waals surface area contributed by atoms with Crippen LogP contribution in [0.4, 0.5) is 0 Å². The van der Waals surface area contributed by atoms with Crippen LogP contribution in [0.2, 0.25) is 0 Å². The highest BCUT2D eigenvalue weighted by atomic mass is 16.5. The lowest BCUT2D eigenvalue weighted by Gasteiger charge is -1.96. The van der Waals surface area contributed by atoms with E-state index in [2.05, 4.69) is 24.5 Å². The molecule has 0 aliphatic rings. The number of carboxylic acids is 2. The van der Waals surface area contributed by atoms with Gasteiger partial charge in [0.2, 0.25) is 0 Å². The Balaban J connectivity index is -0.000000118. The Bertz CT molecular complexity index is 401. The lowest BCUT2D eigenvalue weighted by Crippen LogP contribution is -2.15.